The number of para-hydroxylation sites is 1. The van der Waals surface area contributed by atoms with E-state index in [0.29, 0.717) is 16.5 Å². The average molecular weight is 435 g/mol. The van der Waals surface area contributed by atoms with Crippen molar-refractivity contribution in [1.82, 2.24) is 9.88 Å². The van der Waals surface area contributed by atoms with Gasteiger partial charge in [-0.3, -0.25) is 24.2 Å². The monoisotopic (exact) mass is 435 g/mol. The molecule has 3 amide bonds. The van der Waals surface area contributed by atoms with Gasteiger partial charge in [-0.15, -0.1) is 11.3 Å². The zero-order valence-corrected chi connectivity index (χ0v) is 17.5. The highest BCUT2D eigenvalue weighted by Crippen LogP contribution is 2.29. The average Bonchev–Trinajstić information content (AvgIpc) is 3.31. The first-order valence-corrected chi connectivity index (χ1v) is 10.2. The lowest BCUT2D eigenvalue weighted by Gasteiger charge is -2.17. The predicted molar refractivity (Wildman–Crippen MR) is 113 cm³/mol. The second kappa shape index (κ2) is 8.11. The van der Waals surface area contributed by atoms with E-state index in [9.17, 15) is 19.2 Å². The third kappa shape index (κ3) is 3.82. The third-order valence-electron chi connectivity index (χ3n) is 4.74. The largest absolute Gasteiger partial charge is 0.456 e. The number of hydrogen-bond donors (Lipinski definition) is 0. The Morgan fingerprint density at radius 2 is 1.77 bits per heavy atom. The molecule has 8 nitrogen and oxygen atoms in total. The zero-order chi connectivity index (χ0) is 22.1. The molecule has 2 aromatic carbocycles. The van der Waals surface area contributed by atoms with Crippen molar-refractivity contribution in [3.8, 4) is 0 Å². The van der Waals surface area contributed by atoms with Gasteiger partial charge in [0.2, 0.25) is 5.91 Å². The molecule has 0 saturated carbocycles. The number of anilines is 2. The van der Waals surface area contributed by atoms with E-state index < -0.39 is 17.8 Å². The Bertz CT molecular complexity index is 1200. The Morgan fingerprint density at radius 1 is 1.06 bits per heavy atom. The van der Waals surface area contributed by atoms with Crippen molar-refractivity contribution in [2.45, 2.75) is 13.5 Å². The SMILES string of the molecule is CC(=O)N(c1ccccc1)c1nc(COC(=O)c2ccc3c(c2)C(=O)N(C)C3=O)cs1. The molecule has 0 saturated heterocycles. The summed E-state index contributed by atoms with van der Waals surface area (Å²) in [6.45, 7) is 1.35. The normalized spacial score (nSPS) is 12.6. The molecule has 0 bridgehead atoms. The summed E-state index contributed by atoms with van der Waals surface area (Å²) >= 11 is 1.26. The number of rotatable bonds is 5. The van der Waals surface area contributed by atoms with Crippen LogP contribution in [0.5, 0.6) is 0 Å². The van der Waals surface area contributed by atoms with Crippen LogP contribution < -0.4 is 4.90 Å². The van der Waals surface area contributed by atoms with E-state index in [2.05, 4.69) is 4.98 Å². The molecule has 1 aromatic heterocycles. The number of esters is 1. The van der Waals surface area contributed by atoms with Gasteiger partial charge in [-0.1, -0.05) is 18.2 Å². The number of fused-ring (bicyclic) bond motifs is 1. The Balaban J connectivity index is 1.47. The van der Waals surface area contributed by atoms with Crippen LogP contribution in [0.4, 0.5) is 10.8 Å². The summed E-state index contributed by atoms with van der Waals surface area (Å²) < 4.78 is 5.31. The Hall–Kier alpha value is -3.85. The first-order valence-electron chi connectivity index (χ1n) is 9.30. The number of aromatic nitrogens is 1. The smallest absolute Gasteiger partial charge is 0.338 e. The highest BCUT2D eigenvalue weighted by molar-refractivity contribution is 7.14. The summed E-state index contributed by atoms with van der Waals surface area (Å²) in [4.78, 5) is 55.5. The van der Waals surface area contributed by atoms with Crippen molar-refractivity contribution >= 4 is 45.8 Å². The highest BCUT2D eigenvalue weighted by Gasteiger charge is 2.33. The highest BCUT2D eigenvalue weighted by atomic mass is 32.1. The van der Waals surface area contributed by atoms with Crippen molar-refractivity contribution in [1.29, 1.82) is 0 Å². The van der Waals surface area contributed by atoms with Crippen molar-refractivity contribution < 1.29 is 23.9 Å². The van der Waals surface area contributed by atoms with E-state index in [1.54, 1.807) is 17.5 Å². The fourth-order valence-corrected chi connectivity index (χ4v) is 4.05. The maximum absolute atomic E-state index is 12.4. The molecule has 0 N–H and O–H groups in total. The predicted octanol–water partition coefficient (Wildman–Crippen LogP) is 3.41. The second-order valence-electron chi connectivity index (χ2n) is 6.82. The van der Waals surface area contributed by atoms with Gasteiger partial charge in [0.1, 0.15) is 6.61 Å². The van der Waals surface area contributed by atoms with Gasteiger partial charge in [0.25, 0.3) is 11.8 Å². The van der Waals surface area contributed by atoms with Crippen LogP contribution in [0, 0.1) is 0 Å². The molecule has 2 heterocycles. The van der Waals surface area contributed by atoms with Crippen molar-refractivity contribution in [2.75, 3.05) is 11.9 Å². The molecule has 4 rings (SSSR count). The molecule has 156 valence electrons. The number of benzene rings is 2. The first-order chi connectivity index (χ1) is 14.9. The van der Waals surface area contributed by atoms with Gasteiger partial charge in [0.15, 0.2) is 5.13 Å². The Kier molecular flexibility index (Phi) is 5.35. The molecular weight excluding hydrogens is 418 g/mol. The van der Waals surface area contributed by atoms with Crippen LogP contribution in [0.25, 0.3) is 0 Å². The van der Waals surface area contributed by atoms with Gasteiger partial charge in [-0.05, 0) is 30.3 Å². The Labute approximate surface area is 181 Å². The minimum absolute atomic E-state index is 0.0975. The molecule has 0 aliphatic carbocycles. The molecule has 9 heteroatoms. The van der Waals surface area contributed by atoms with Crippen molar-refractivity contribution in [3.63, 3.8) is 0 Å². The fraction of sp³-hybridized carbons (Fsp3) is 0.136. The van der Waals surface area contributed by atoms with Crippen LogP contribution in [0.3, 0.4) is 0 Å². The minimum Gasteiger partial charge on any atom is -0.456 e. The topological polar surface area (TPSA) is 96.9 Å². The molecule has 0 fully saturated rings. The lowest BCUT2D eigenvalue weighted by atomic mass is 10.1. The van der Waals surface area contributed by atoms with Gasteiger partial charge in [-0.25, -0.2) is 9.78 Å². The first kappa shape index (κ1) is 20.4. The number of nitrogens with zero attached hydrogens (tertiary/aromatic N) is 3. The summed E-state index contributed by atoms with van der Waals surface area (Å²) in [5.74, 6) is -1.68. The summed E-state index contributed by atoms with van der Waals surface area (Å²) in [6, 6.07) is 13.4. The maximum atomic E-state index is 12.4. The van der Waals surface area contributed by atoms with Gasteiger partial charge in [-0.2, -0.15) is 0 Å². The molecule has 0 atom stereocenters. The van der Waals surface area contributed by atoms with E-state index in [0.717, 1.165) is 4.90 Å². The quantitative estimate of drug-likeness (QED) is 0.450. The number of carbonyl (C=O) groups is 4. The van der Waals surface area contributed by atoms with E-state index >= 15 is 0 Å². The summed E-state index contributed by atoms with van der Waals surface area (Å²) in [5.41, 5.74) is 1.79. The molecular formula is C22H17N3O5S. The second-order valence-corrected chi connectivity index (χ2v) is 7.65. The molecule has 3 aromatic rings. The molecule has 1 aliphatic heterocycles. The molecule has 0 radical (unpaired) electrons. The minimum atomic E-state index is -0.640. The summed E-state index contributed by atoms with van der Waals surface area (Å²) in [5, 5.41) is 2.18. The lowest BCUT2D eigenvalue weighted by molar-refractivity contribution is -0.115. The molecule has 1 aliphatic rings. The Morgan fingerprint density at radius 3 is 2.48 bits per heavy atom. The fourth-order valence-electron chi connectivity index (χ4n) is 3.18. The number of carbonyl (C=O) groups excluding carboxylic acids is 4. The van der Waals surface area contributed by atoms with Crippen LogP contribution in [0.15, 0.2) is 53.9 Å². The van der Waals surface area contributed by atoms with Gasteiger partial charge in [0.05, 0.1) is 28.1 Å². The number of ether oxygens (including phenoxy) is 1. The summed E-state index contributed by atoms with van der Waals surface area (Å²) in [7, 11) is 1.39. The van der Waals surface area contributed by atoms with E-state index in [-0.39, 0.29) is 29.2 Å². The van der Waals surface area contributed by atoms with Crippen LogP contribution >= 0.6 is 11.3 Å². The van der Waals surface area contributed by atoms with Crippen LogP contribution in [-0.2, 0) is 16.1 Å². The number of amides is 3. The van der Waals surface area contributed by atoms with Crippen LogP contribution in [0.2, 0.25) is 0 Å². The molecule has 0 spiro atoms. The number of hydrogen-bond acceptors (Lipinski definition) is 7. The maximum Gasteiger partial charge on any atom is 0.338 e. The van der Waals surface area contributed by atoms with Crippen LogP contribution in [-0.4, -0.2) is 40.6 Å². The van der Waals surface area contributed by atoms with Crippen molar-refractivity contribution in [2.24, 2.45) is 0 Å². The number of thiazole rings is 1. The number of imide groups is 1. The van der Waals surface area contributed by atoms with E-state index in [1.165, 1.54) is 48.4 Å². The molecule has 0 unspecified atom stereocenters. The molecule has 31 heavy (non-hydrogen) atoms. The standard InChI is InChI=1S/C22H17N3O5S/c1-13(26)25(16-6-4-3-5-7-16)22-23-15(12-31-22)11-30-21(29)14-8-9-17-18(10-14)20(28)24(2)19(17)27/h3-10,12H,11H2,1-2H3. The van der Waals surface area contributed by atoms with Gasteiger partial charge >= 0.3 is 5.97 Å². The van der Waals surface area contributed by atoms with E-state index in [1.807, 2.05) is 18.2 Å². The summed E-state index contributed by atoms with van der Waals surface area (Å²) in [6.07, 6.45) is 0. The van der Waals surface area contributed by atoms with Crippen LogP contribution in [0.1, 0.15) is 43.7 Å². The van der Waals surface area contributed by atoms with Gasteiger partial charge in [0, 0.05) is 19.4 Å². The van der Waals surface area contributed by atoms with Crippen molar-refractivity contribution in [3.05, 3.63) is 76.3 Å². The van der Waals surface area contributed by atoms with E-state index in [4.69, 9.17) is 4.74 Å². The third-order valence-corrected chi connectivity index (χ3v) is 5.61. The van der Waals surface area contributed by atoms with Gasteiger partial charge < -0.3 is 4.74 Å². The zero-order valence-electron chi connectivity index (χ0n) is 16.7. The lowest BCUT2D eigenvalue weighted by Crippen LogP contribution is -2.24.